The number of carbonyl (C=O) groups is 2. The fraction of sp³-hybridized carbons (Fsp3) is 0.488. The molecule has 0 aromatic heterocycles. The van der Waals surface area contributed by atoms with Crippen molar-refractivity contribution in [3.63, 3.8) is 0 Å². The number of aromatic hydroxyl groups is 2. The van der Waals surface area contributed by atoms with Crippen molar-refractivity contribution in [2.45, 2.75) is 84.0 Å². The van der Waals surface area contributed by atoms with Crippen molar-refractivity contribution in [1.29, 1.82) is 0 Å². The third-order valence-corrected chi connectivity index (χ3v) is 14.0. The van der Waals surface area contributed by atoms with Gasteiger partial charge in [0.2, 0.25) is 0 Å². The quantitative estimate of drug-likeness (QED) is 0.221. The van der Waals surface area contributed by atoms with Crippen molar-refractivity contribution < 1.29 is 19.8 Å². The lowest BCUT2D eigenvalue weighted by molar-refractivity contribution is -0.131. The van der Waals surface area contributed by atoms with Gasteiger partial charge in [0.05, 0.1) is 5.56 Å². The summed E-state index contributed by atoms with van der Waals surface area (Å²) in [4.78, 5) is 25.4. The molecule has 2 N–H and O–H groups in total. The first kappa shape index (κ1) is 30.7. The van der Waals surface area contributed by atoms with Gasteiger partial charge in [0, 0.05) is 16.2 Å². The number of phenols is 2. The van der Waals surface area contributed by atoms with Crippen LogP contribution in [0.15, 0.2) is 78.9 Å². The molecule has 6 aliphatic rings. The van der Waals surface area contributed by atoms with Gasteiger partial charge in [0.15, 0.2) is 5.78 Å². The van der Waals surface area contributed by atoms with Crippen LogP contribution in [-0.4, -0.2) is 21.8 Å². The van der Waals surface area contributed by atoms with Gasteiger partial charge in [-0.05, 0) is 141 Å². The van der Waals surface area contributed by atoms with E-state index in [1.807, 2.05) is 73.7 Å². The highest BCUT2D eigenvalue weighted by atomic mass is 16.3. The summed E-state index contributed by atoms with van der Waals surface area (Å²) in [5.74, 6) is 5.65. The molecule has 0 aliphatic heterocycles. The zero-order chi connectivity index (χ0) is 32.3. The van der Waals surface area contributed by atoms with Crippen molar-refractivity contribution in [3.05, 3.63) is 84.4 Å². The lowest BCUT2D eigenvalue weighted by atomic mass is 9.64. The molecule has 6 saturated carbocycles. The third-order valence-electron chi connectivity index (χ3n) is 14.0. The zero-order valence-electron chi connectivity index (χ0n) is 27.7. The number of fused-ring (bicyclic) bond motifs is 12. The second kappa shape index (κ2) is 11.8. The normalized spacial score (nSPS) is 34.0. The van der Waals surface area contributed by atoms with E-state index in [1.54, 1.807) is 12.1 Å². The van der Waals surface area contributed by atoms with Crippen LogP contribution < -0.4 is 0 Å². The Labute approximate surface area is 278 Å². The van der Waals surface area contributed by atoms with Gasteiger partial charge >= 0.3 is 0 Å². The Morgan fingerprint density at radius 3 is 1.89 bits per heavy atom. The van der Waals surface area contributed by atoms with Crippen LogP contribution in [0.4, 0.5) is 0 Å². The standard InChI is InChI=1S/C21H22O2.C12H18O.C10H8O/c22-19-16-5-2-1-4-13(16)8-10-17(19)20(23)21-11-3-6-18(21)14-7-9-15(21)12-14;1-8(13)12-6-2-3-11(12)9-4-5-10(12)7-9;11-10-6-5-8-3-1-2-4-9(8)7-10/h1-2,4-5,8,10,14-15,18,22H,3,6-7,9,11-12H2;9-11H,2-7H2,1H3;1-7,11H. The lowest BCUT2D eigenvalue weighted by Gasteiger charge is -2.38. The van der Waals surface area contributed by atoms with Gasteiger partial charge in [-0.15, -0.1) is 0 Å². The van der Waals surface area contributed by atoms with Crippen molar-refractivity contribution in [2.24, 2.45) is 46.3 Å². The number of rotatable bonds is 3. The van der Waals surface area contributed by atoms with Gasteiger partial charge in [0.1, 0.15) is 17.3 Å². The average Bonchev–Trinajstić information content (AvgIpc) is 3.93. The molecule has 0 radical (unpaired) electrons. The Hall–Kier alpha value is -3.66. The molecule has 4 aromatic carbocycles. The SMILES string of the molecule is CC(=O)C12CCCC1C1CCC2C1.O=C(c1ccc2ccccc2c1O)C12CCCC1C1CCC2C1.Oc1ccc2ccccc2c1. The first-order chi connectivity index (χ1) is 22.8. The maximum absolute atomic E-state index is 13.5. The Kier molecular flexibility index (Phi) is 7.69. The Morgan fingerprint density at radius 2 is 1.21 bits per heavy atom. The molecule has 0 heterocycles. The molecule has 6 fully saturated rings. The van der Waals surface area contributed by atoms with E-state index >= 15 is 0 Å². The molecule has 244 valence electrons. The van der Waals surface area contributed by atoms with Gasteiger partial charge < -0.3 is 10.2 Å². The predicted molar refractivity (Wildman–Crippen MR) is 187 cm³/mol. The van der Waals surface area contributed by atoms with E-state index < -0.39 is 0 Å². The summed E-state index contributed by atoms with van der Waals surface area (Å²) in [6, 6.07) is 24.9. The van der Waals surface area contributed by atoms with Gasteiger partial charge in [0.25, 0.3) is 0 Å². The molecular weight excluding hydrogens is 580 g/mol. The number of Topliss-reactive ketones (excluding diaryl/α,β-unsaturated/α-hetero) is 2. The summed E-state index contributed by atoms with van der Waals surface area (Å²) >= 11 is 0. The molecular formula is C43H48O4. The molecule has 0 saturated heterocycles. The monoisotopic (exact) mass is 628 g/mol. The maximum atomic E-state index is 13.5. The predicted octanol–water partition coefficient (Wildman–Crippen LogP) is 10.3. The zero-order valence-corrected chi connectivity index (χ0v) is 27.7. The second-order valence-electron chi connectivity index (χ2n) is 15.7. The Bertz CT molecular complexity index is 1840. The molecule has 4 nitrogen and oxygen atoms in total. The maximum Gasteiger partial charge on any atom is 0.173 e. The minimum atomic E-state index is -0.164. The number of hydrogen-bond acceptors (Lipinski definition) is 4. The Balaban J connectivity index is 0.000000114. The minimum absolute atomic E-state index is 0.164. The van der Waals surface area contributed by atoms with Crippen LogP contribution in [0.2, 0.25) is 0 Å². The number of ketones is 2. The van der Waals surface area contributed by atoms with E-state index in [4.69, 9.17) is 5.11 Å². The Morgan fingerprint density at radius 1 is 0.638 bits per heavy atom. The third kappa shape index (κ3) is 4.76. The number of carbonyl (C=O) groups excluding carboxylic acids is 2. The second-order valence-corrected chi connectivity index (χ2v) is 15.7. The van der Waals surface area contributed by atoms with Crippen molar-refractivity contribution >= 4 is 33.1 Å². The van der Waals surface area contributed by atoms with Gasteiger partial charge in [-0.2, -0.15) is 0 Å². The number of phenolic OH excluding ortho intramolecular Hbond substituents is 2. The van der Waals surface area contributed by atoms with E-state index in [9.17, 15) is 14.7 Å². The summed E-state index contributed by atoms with van der Waals surface area (Å²) in [5.41, 5.74) is 0.578. The van der Waals surface area contributed by atoms with Crippen LogP contribution in [0.1, 0.15) is 94.3 Å². The first-order valence-electron chi connectivity index (χ1n) is 18.3. The molecule has 6 aliphatic carbocycles. The molecule has 47 heavy (non-hydrogen) atoms. The molecule has 0 amide bonds. The molecule has 8 atom stereocenters. The summed E-state index contributed by atoms with van der Waals surface area (Å²) < 4.78 is 0. The highest BCUT2D eigenvalue weighted by molar-refractivity contribution is 6.08. The number of hydrogen-bond donors (Lipinski definition) is 2. The topological polar surface area (TPSA) is 74.6 Å². The number of benzene rings is 4. The first-order valence-corrected chi connectivity index (χ1v) is 18.3. The van der Waals surface area contributed by atoms with Gasteiger partial charge in [-0.1, -0.05) is 73.5 Å². The van der Waals surface area contributed by atoms with E-state index in [0.717, 1.165) is 51.6 Å². The fourth-order valence-corrected chi connectivity index (χ4v) is 12.2. The smallest absolute Gasteiger partial charge is 0.173 e. The fourth-order valence-electron chi connectivity index (χ4n) is 12.2. The summed E-state index contributed by atoms with van der Waals surface area (Å²) in [6.45, 7) is 1.85. The molecule has 8 unspecified atom stereocenters. The van der Waals surface area contributed by atoms with Crippen LogP contribution in [0.3, 0.4) is 0 Å². The molecule has 4 heteroatoms. The van der Waals surface area contributed by atoms with Gasteiger partial charge in [-0.3, -0.25) is 9.59 Å². The van der Waals surface area contributed by atoms with Crippen molar-refractivity contribution in [3.8, 4) is 11.5 Å². The summed E-state index contributed by atoms with van der Waals surface area (Å²) in [5, 5.41) is 23.9. The largest absolute Gasteiger partial charge is 0.508 e. The highest BCUT2D eigenvalue weighted by Crippen LogP contribution is 2.68. The minimum Gasteiger partial charge on any atom is -0.508 e. The van der Waals surface area contributed by atoms with E-state index in [2.05, 4.69) is 0 Å². The van der Waals surface area contributed by atoms with E-state index in [1.165, 1.54) is 70.6 Å². The summed E-state index contributed by atoms with van der Waals surface area (Å²) in [6.07, 6.45) is 15.2. The lowest BCUT2D eigenvalue weighted by Crippen LogP contribution is -2.40. The van der Waals surface area contributed by atoms with Crippen molar-refractivity contribution in [2.75, 3.05) is 0 Å². The van der Waals surface area contributed by atoms with Crippen LogP contribution in [-0.2, 0) is 4.79 Å². The van der Waals surface area contributed by atoms with Crippen molar-refractivity contribution in [1.82, 2.24) is 0 Å². The van der Waals surface area contributed by atoms with E-state index in [0.29, 0.717) is 28.9 Å². The average molecular weight is 629 g/mol. The van der Waals surface area contributed by atoms with Gasteiger partial charge in [-0.25, -0.2) is 0 Å². The van der Waals surface area contributed by atoms with Crippen LogP contribution in [0.5, 0.6) is 11.5 Å². The highest BCUT2D eigenvalue weighted by Gasteiger charge is 2.64. The summed E-state index contributed by atoms with van der Waals surface area (Å²) in [7, 11) is 0. The molecule has 4 bridgehead atoms. The van der Waals surface area contributed by atoms with Crippen LogP contribution in [0.25, 0.3) is 21.5 Å². The van der Waals surface area contributed by atoms with E-state index in [-0.39, 0.29) is 22.4 Å². The van der Waals surface area contributed by atoms with Crippen LogP contribution >= 0.6 is 0 Å². The molecule has 0 spiro atoms. The van der Waals surface area contributed by atoms with Crippen LogP contribution in [0, 0.1) is 46.3 Å². The molecule has 4 aromatic rings. The molecule has 10 rings (SSSR count).